The number of aromatic nitrogens is 1. The topological polar surface area (TPSA) is 74.9 Å². The van der Waals surface area contributed by atoms with Crippen LogP contribution in [0.1, 0.15) is 39.3 Å². The predicted molar refractivity (Wildman–Crippen MR) is 77.4 cm³/mol. The summed E-state index contributed by atoms with van der Waals surface area (Å²) in [5, 5.41) is 11.7. The monoisotopic (exact) mass is 329 g/mol. The van der Waals surface area contributed by atoms with Gasteiger partial charge in [0, 0.05) is 12.3 Å². The first-order valence-corrected chi connectivity index (χ1v) is 6.95. The summed E-state index contributed by atoms with van der Waals surface area (Å²) in [7, 11) is 0. The van der Waals surface area contributed by atoms with E-state index in [1.54, 1.807) is 13.8 Å². The van der Waals surface area contributed by atoms with Crippen molar-refractivity contribution in [1.82, 2.24) is 9.88 Å². The molecule has 126 valence electrons. The van der Waals surface area contributed by atoms with E-state index >= 15 is 0 Å². The maximum absolute atomic E-state index is 12.6. The molecule has 8 heteroatoms. The van der Waals surface area contributed by atoms with Crippen molar-refractivity contribution in [2.75, 3.05) is 0 Å². The second-order valence-corrected chi connectivity index (χ2v) is 5.79. The van der Waals surface area contributed by atoms with Gasteiger partial charge in [0.05, 0.1) is 11.6 Å². The number of nitriles is 1. The number of nitrogens with one attached hydrogen (secondary N) is 1. The van der Waals surface area contributed by atoms with Gasteiger partial charge in [-0.15, -0.1) is 0 Å². The van der Waals surface area contributed by atoms with E-state index in [2.05, 4.69) is 5.32 Å². The molecule has 0 aliphatic heterocycles. The third-order valence-corrected chi connectivity index (χ3v) is 3.84. The number of carbonyl (C=O) groups is 1. The van der Waals surface area contributed by atoms with Crippen molar-refractivity contribution < 1.29 is 18.0 Å². The van der Waals surface area contributed by atoms with E-state index < -0.39 is 34.8 Å². The minimum absolute atomic E-state index is 0.187. The maximum Gasteiger partial charge on any atom is 0.416 e. The van der Waals surface area contributed by atoms with Gasteiger partial charge >= 0.3 is 6.18 Å². The second kappa shape index (κ2) is 6.44. The largest absolute Gasteiger partial charge is 0.416 e. The number of hydrogen-bond acceptors (Lipinski definition) is 3. The molecule has 0 aliphatic rings. The van der Waals surface area contributed by atoms with Crippen LogP contribution >= 0.6 is 0 Å². The fraction of sp³-hybridized carbons (Fsp3) is 0.533. The van der Waals surface area contributed by atoms with Crippen molar-refractivity contribution in [2.45, 2.75) is 45.5 Å². The summed E-state index contributed by atoms with van der Waals surface area (Å²) in [6.07, 6.45) is -3.70. The predicted octanol–water partition coefficient (Wildman–Crippen LogP) is 2.48. The summed E-state index contributed by atoms with van der Waals surface area (Å²) in [6, 6.07) is 2.12. The van der Waals surface area contributed by atoms with Crippen molar-refractivity contribution >= 4 is 5.91 Å². The molecular formula is C15H18F3N3O2. The average Bonchev–Trinajstić information content (AvgIpc) is 2.44. The lowest BCUT2D eigenvalue weighted by atomic mass is 9.90. The van der Waals surface area contributed by atoms with E-state index in [0.29, 0.717) is 6.07 Å². The molecule has 0 radical (unpaired) electrons. The van der Waals surface area contributed by atoms with Crippen LogP contribution in [-0.4, -0.2) is 16.0 Å². The molecule has 1 aromatic heterocycles. The molecule has 1 rings (SSSR count). The van der Waals surface area contributed by atoms with Crippen LogP contribution in [0.15, 0.2) is 23.1 Å². The van der Waals surface area contributed by atoms with Crippen LogP contribution in [0, 0.1) is 17.2 Å². The average molecular weight is 329 g/mol. The maximum atomic E-state index is 12.6. The molecule has 2 atom stereocenters. The number of pyridine rings is 1. The summed E-state index contributed by atoms with van der Waals surface area (Å²) in [4.78, 5) is 24.0. The number of alkyl halides is 3. The van der Waals surface area contributed by atoms with Crippen molar-refractivity contribution in [3.63, 3.8) is 0 Å². The molecule has 2 unspecified atom stereocenters. The number of carbonyl (C=O) groups excluding carboxylic acids is 1. The van der Waals surface area contributed by atoms with Gasteiger partial charge in [-0.3, -0.25) is 9.59 Å². The van der Waals surface area contributed by atoms with Crippen LogP contribution < -0.4 is 10.9 Å². The molecule has 0 bridgehead atoms. The highest BCUT2D eigenvalue weighted by Gasteiger charge is 2.33. The molecule has 0 aliphatic carbocycles. The fourth-order valence-electron chi connectivity index (χ4n) is 1.77. The lowest BCUT2D eigenvalue weighted by Crippen LogP contribution is -2.51. The Kier molecular flexibility index (Phi) is 5.25. The van der Waals surface area contributed by atoms with Gasteiger partial charge in [0.15, 0.2) is 0 Å². The number of rotatable bonds is 4. The normalized spacial score (nSPS) is 15.6. The highest BCUT2D eigenvalue weighted by Crippen LogP contribution is 2.28. The molecule has 1 heterocycles. The minimum atomic E-state index is -4.62. The Morgan fingerprint density at radius 1 is 1.35 bits per heavy atom. The first-order chi connectivity index (χ1) is 10.4. The van der Waals surface area contributed by atoms with Crippen LogP contribution in [0.5, 0.6) is 0 Å². The van der Waals surface area contributed by atoms with E-state index in [0.717, 1.165) is 16.8 Å². The summed E-state index contributed by atoms with van der Waals surface area (Å²) < 4.78 is 38.6. The SMILES string of the molecule is CC(C(=O)NC(C)(C#N)C(C)C)n1ccc(C(F)(F)F)cc1=O. The van der Waals surface area contributed by atoms with Gasteiger partial charge in [-0.2, -0.15) is 18.4 Å². The molecule has 23 heavy (non-hydrogen) atoms. The molecule has 0 spiro atoms. The summed E-state index contributed by atoms with van der Waals surface area (Å²) in [5.74, 6) is -0.808. The Bertz CT molecular complexity index is 688. The van der Waals surface area contributed by atoms with E-state index in [1.807, 2.05) is 6.07 Å². The first-order valence-electron chi connectivity index (χ1n) is 6.95. The lowest BCUT2D eigenvalue weighted by molar-refractivity contribution is -0.137. The Labute approximate surface area is 131 Å². The number of halogens is 3. The van der Waals surface area contributed by atoms with Gasteiger partial charge < -0.3 is 9.88 Å². The van der Waals surface area contributed by atoms with Gasteiger partial charge in [-0.1, -0.05) is 13.8 Å². The van der Waals surface area contributed by atoms with Gasteiger partial charge in [-0.05, 0) is 25.8 Å². The van der Waals surface area contributed by atoms with E-state index in [1.165, 1.54) is 13.8 Å². The van der Waals surface area contributed by atoms with Crippen LogP contribution in [0.4, 0.5) is 13.2 Å². The van der Waals surface area contributed by atoms with Crippen molar-refractivity contribution in [3.05, 3.63) is 34.2 Å². The van der Waals surface area contributed by atoms with E-state index in [9.17, 15) is 28.0 Å². The molecule has 0 fully saturated rings. The van der Waals surface area contributed by atoms with Crippen molar-refractivity contribution in [2.24, 2.45) is 5.92 Å². The number of hydrogen-bond donors (Lipinski definition) is 1. The molecule has 1 aromatic rings. The molecular weight excluding hydrogens is 311 g/mol. The highest BCUT2D eigenvalue weighted by atomic mass is 19.4. The first kappa shape index (κ1) is 18.7. The zero-order valence-electron chi connectivity index (χ0n) is 13.2. The van der Waals surface area contributed by atoms with E-state index in [-0.39, 0.29) is 5.92 Å². The molecule has 0 saturated heterocycles. The fourth-order valence-corrected chi connectivity index (χ4v) is 1.77. The minimum Gasteiger partial charge on any atom is -0.336 e. The van der Waals surface area contributed by atoms with Crippen molar-refractivity contribution in [3.8, 4) is 6.07 Å². The summed E-state index contributed by atoms with van der Waals surface area (Å²) >= 11 is 0. The van der Waals surface area contributed by atoms with Gasteiger partial charge in [0.25, 0.3) is 5.56 Å². The summed E-state index contributed by atoms with van der Waals surface area (Å²) in [6.45, 7) is 6.41. The van der Waals surface area contributed by atoms with Crippen LogP contribution in [0.25, 0.3) is 0 Å². The third-order valence-electron chi connectivity index (χ3n) is 3.84. The highest BCUT2D eigenvalue weighted by molar-refractivity contribution is 5.81. The Morgan fingerprint density at radius 3 is 2.30 bits per heavy atom. The zero-order chi connectivity index (χ0) is 18.0. The van der Waals surface area contributed by atoms with Gasteiger partial charge in [-0.25, -0.2) is 0 Å². The molecule has 1 amide bonds. The quantitative estimate of drug-likeness (QED) is 0.922. The Morgan fingerprint density at radius 2 is 1.91 bits per heavy atom. The van der Waals surface area contributed by atoms with Crippen LogP contribution in [0.2, 0.25) is 0 Å². The van der Waals surface area contributed by atoms with Gasteiger partial charge in [0.1, 0.15) is 11.6 Å². The molecule has 0 saturated carbocycles. The second-order valence-electron chi connectivity index (χ2n) is 5.79. The van der Waals surface area contributed by atoms with Gasteiger partial charge in [0.2, 0.25) is 5.91 Å². The number of amides is 1. The Hall–Kier alpha value is -2.30. The third kappa shape index (κ3) is 4.12. The van der Waals surface area contributed by atoms with E-state index in [4.69, 9.17) is 0 Å². The number of nitrogens with zero attached hydrogens (tertiary/aromatic N) is 2. The Balaban J connectivity index is 3.07. The van der Waals surface area contributed by atoms with Crippen LogP contribution in [-0.2, 0) is 11.0 Å². The summed E-state index contributed by atoms with van der Waals surface area (Å²) in [5.41, 5.74) is -3.15. The smallest absolute Gasteiger partial charge is 0.336 e. The molecule has 5 nitrogen and oxygen atoms in total. The zero-order valence-corrected chi connectivity index (χ0v) is 13.2. The van der Waals surface area contributed by atoms with Crippen LogP contribution in [0.3, 0.4) is 0 Å². The molecule has 1 N–H and O–H groups in total. The standard InChI is InChI=1S/C15H18F3N3O2/c1-9(2)14(4,8-19)20-13(23)10(3)21-6-5-11(7-12(21)22)15(16,17)18/h5-7,9-10H,1-4H3,(H,20,23). The lowest BCUT2D eigenvalue weighted by Gasteiger charge is -2.29. The van der Waals surface area contributed by atoms with Crippen molar-refractivity contribution in [1.29, 1.82) is 5.26 Å². The molecule has 0 aromatic carbocycles.